The minimum Gasteiger partial charge on any atom is -0.479 e. The molecule has 0 spiro atoms. The van der Waals surface area contributed by atoms with E-state index in [0.717, 1.165) is 5.56 Å². The summed E-state index contributed by atoms with van der Waals surface area (Å²) in [5.41, 5.74) is 3.11. The summed E-state index contributed by atoms with van der Waals surface area (Å²) < 4.78 is 0. The Hall–Kier alpha value is -2.48. The number of nitrogens with one attached hydrogen (secondary N) is 1. The molecule has 2 aromatic rings. The van der Waals surface area contributed by atoms with Gasteiger partial charge in [0.2, 0.25) is 5.13 Å². The van der Waals surface area contributed by atoms with Crippen molar-refractivity contribution in [3.05, 3.63) is 40.9 Å². The third kappa shape index (κ3) is 2.57. The second-order valence-corrected chi connectivity index (χ2v) is 5.39. The predicted molar refractivity (Wildman–Crippen MR) is 76.2 cm³/mol. The van der Waals surface area contributed by atoms with Gasteiger partial charge in [-0.25, -0.2) is 9.59 Å². The molecule has 1 aromatic heterocycles. The Morgan fingerprint density at radius 2 is 2.19 bits per heavy atom. The van der Waals surface area contributed by atoms with Crippen molar-refractivity contribution in [3.63, 3.8) is 0 Å². The summed E-state index contributed by atoms with van der Waals surface area (Å²) in [7, 11) is 0. The zero-order valence-corrected chi connectivity index (χ0v) is 11.7. The van der Waals surface area contributed by atoms with Crippen LogP contribution in [0, 0.1) is 0 Å². The number of carboxylic acid groups (broad SMARTS) is 1. The molecule has 108 valence electrons. The van der Waals surface area contributed by atoms with Crippen LogP contribution in [0.4, 0.5) is 9.93 Å². The first-order valence-electron chi connectivity index (χ1n) is 6.31. The molecule has 0 fully saturated rings. The summed E-state index contributed by atoms with van der Waals surface area (Å²) in [6.07, 6.45) is 0.628. The smallest absolute Gasteiger partial charge is 0.331 e. The van der Waals surface area contributed by atoms with Gasteiger partial charge >= 0.3 is 12.0 Å². The van der Waals surface area contributed by atoms with Crippen molar-refractivity contribution in [1.29, 1.82) is 0 Å². The molecule has 8 heteroatoms. The van der Waals surface area contributed by atoms with Gasteiger partial charge in [0, 0.05) is 6.54 Å². The Balaban J connectivity index is 1.88. The molecule has 0 saturated heterocycles. The number of urea groups is 1. The molecule has 2 heterocycles. The van der Waals surface area contributed by atoms with Gasteiger partial charge in [0.1, 0.15) is 5.51 Å². The molecule has 0 radical (unpaired) electrons. The van der Waals surface area contributed by atoms with Crippen molar-refractivity contribution in [2.45, 2.75) is 12.5 Å². The minimum atomic E-state index is -1.05. The maximum atomic E-state index is 12.3. The van der Waals surface area contributed by atoms with E-state index in [2.05, 4.69) is 15.5 Å². The molecule has 0 aliphatic carbocycles. The van der Waals surface area contributed by atoms with E-state index in [1.807, 2.05) is 12.1 Å². The van der Waals surface area contributed by atoms with E-state index in [0.29, 0.717) is 23.7 Å². The van der Waals surface area contributed by atoms with E-state index in [9.17, 15) is 14.7 Å². The number of nitrogens with zero attached hydrogens (tertiary/aromatic N) is 3. The first-order chi connectivity index (χ1) is 10.2. The van der Waals surface area contributed by atoms with Gasteiger partial charge in [-0.1, -0.05) is 35.6 Å². The van der Waals surface area contributed by atoms with Crippen molar-refractivity contribution >= 4 is 28.5 Å². The SMILES string of the molecule is O=C(O)C1c2ccccc2CCN1C(=O)Nc1nncs1. The number of aromatic nitrogens is 2. The second-order valence-electron chi connectivity index (χ2n) is 4.56. The average Bonchev–Trinajstić information content (AvgIpc) is 2.98. The molecular weight excluding hydrogens is 292 g/mol. The highest BCUT2D eigenvalue weighted by Gasteiger charge is 2.35. The second kappa shape index (κ2) is 5.49. The van der Waals surface area contributed by atoms with E-state index in [4.69, 9.17) is 0 Å². The van der Waals surface area contributed by atoms with Crippen LogP contribution in [0.25, 0.3) is 0 Å². The number of carbonyl (C=O) groups excluding carboxylic acids is 1. The first-order valence-corrected chi connectivity index (χ1v) is 7.19. The maximum absolute atomic E-state index is 12.3. The van der Waals surface area contributed by atoms with Gasteiger partial charge < -0.3 is 10.0 Å². The van der Waals surface area contributed by atoms with Crippen LogP contribution in [-0.2, 0) is 11.2 Å². The van der Waals surface area contributed by atoms with E-state index in [-0.39, 0.29) is 0 Å². The van der Waals surface area contributed by atoms with E-state index in [1.165, 1.54) is 21.7 Å². The molecule has 21 heavy (non-hydrogen) atoms. The molecular formula is C13H12N4O3S. The normalized spacial score (nSPS) is 17.1. The largest absolute Gasteiger partial charge is 0.479 e. The summed E-state index contributed by atoms with van der Waals surface area (Å²) in [6, 6.07) is 5.83. The van der Waals surface area contributed by atoms with Gasteiger partial charge in [0.05, 0.1) is 0 Å². The zero-order chi connectivity index (χ0) is 14.8. The maximum Gasteiger partial charge on any atom is 0.331 e. The molecule has 3 rings (SSSR count). The number of benzene rings is 1. The highest BCUT2D eigenvalue weighted by atomic mass is 32.1. The molecule has 1 unspecified atom stereocenters. The molecule has 0 bridgehead atoms. The third-order valence-electron chi connectivity index (χ3n) is 3.35. The zero-order valence-electron chi connectivity index (χ0n) is 10.9. The molecule has 2 N–H and O–H groups in total. The van der Waals surface area contributed by atoms with E-state index < -0.39 is 18.0 Å². The molecule has 2 amide bonds. The lowest BCUT2D eigenvalue weighted by Gasteiger charge is -2.34. The van der Waals surface area contributed by atoms with Crippen molar-refractivity contribution in [2.75, 3.05) is 11.9 Å². The number of rotatable bonds is 2. The number of amides is 2. The fraction of sp³-hybridized carbons (Fsp3) is 0.231. The Kier molecular flexibility index (Phi) is 3.53. The lowest BCUT2D eigenvalue weighted by Crippen LogP contribution is -2.45. The van der Waals surface area contributed by atoms with Crippen LogP contribution < -0.4 is 5.32 Å². The monoisotopic (exact) mass is 304 g/mol. The fourth-order valence-corrected chi connectivity index (χ4v) is 2.88. The number of anilines is 1. The van der Waals surface area contributed by atoms with Crippen molar-refractivity contribution < 1.29 is 14.7 Å². The lowest BCUT2D eigenvalue weighted by molar-refractivity contribution is -0.142. The number of fused-ring (bicyclic) bond motifs is 1. The lowest BCUT2D eigenvalue weighted by atomic mass is 9.93. The first kappa shape index (κ1) is 13.5. The number of aliphatic carboxylic acids is 1. The number of carboxylic acids is 1. The van der Waals surface area contributed by atoms with Crippen molar-refractivity contribution in [2.24, 2.45) is 0 Å². The van der Waals surface area contributed by atoms with Gasteiger partial charge in [-0.15, -0.1) is 10.2 Å². The Morgan fingerprint density at radius 3 is 2.90 bits per heavy atom. The summed E-state index contributed by atoms with van der Waals surface area (Å²) in [5.74, 6) is -1.05. The summed E-state index contributed by atoms with van der Waals surface area (Å²) in [5, 5.41) is 19.8. The predicted octanol–water partition coefficient (Wildman–Crippen LogP) is 1.75. The van der Waals surface area contributed by atoms with Crippen molar-refractivity contribution in [1.82, 2.24) is 15.1 Å². The Morgan fingerprint density at radius 1 is 1.38 bits per heavy atom. The quantitative estimate of drug-likeness (QED) is 0.881. The van der Waals surface area contributed by atoms with Crippen LogP contribution in [0.15, 0.2) is 29.8 Å². The summed E-state index contributed by atoms with van der Waals surface area (Å²) >= 11 is 1.18. The van der Waals surface area contributed by atoms with Crippen LogP contribution in [-0.4, -0.2) is 38.7 Å². The van der Waals surface area contributed by atoms with Crippen molar-refractivity contribution in [3.8, 4) is 0 Å². The molecule has 1 atom stereocenters. The molecule has 1 aromatic carbocycles. The molecule has 7 nitrogen and oxygen atoms in total. The standard InChI is InChI=1S/C13H12N4O3S/c18-11(19)10-9-4-2-1-3-8(9)5-6-17(10)13(20)15-12-16-14-7-21-12/h1-4,7,10H,5-6H2,(H,18,19)(H,15,16,20). The van der Waals surface area contributed by atoms with Gasteiger partial charge in [-0.05, 0) is 17.5 Å². The number of hydrogen-bond acceptors (Lipinski definition) is 5. The van der Waals surface area contributed by atoms with Crippen LogP contribution >= 0.6 is 11.3 Å². The summed E-state index contributed by atoms with van der Waals surface area (Å²) in [4.78, 5) is 25.2. The third-order valence-corrected chi connectivity index (χ3v) is 3.96. The highest BCUT2D eigenvalue weighted by Crippen LogP contribution is 2.30. The van der Waals surface area contributed by atoms with E-state index in [1.54, 1.807) is 12.1 Å². The van der Waals surface area contributed by atoms with Gasteiger partial charge in [0.25, 0.3) is 0 Å². The van der Waals surface area contributed by atoms with Gasteiger partial charge in [-0.3, -0.25) is 5.32 Å². The van der Waals surface area contributed by atoms with Crippen LogP contribution in [0.2, 0.25) is 0 Å². The summed E-state index contributed by atoms with van der Waals surface area (Å²) in [6.45, 7) is 0.346. The topological polar surface area (TPSA) is 95.4 Å². The van der Waals surface area contributed by atoms with Crippen LogP contribution in [0.1, 0.15) is 17.2 Å². The van der Waals surface area contributed by atoms with Gasteiger partial charge in [-0.2, -0.15) is 0 Å². The van der Waals surface area contributed by atoms with Crippen LogP contribution in [0.5, 0.6) is 0 Å². The van der Waals surface area contributed by atoms with Gasteiger partial charge in [0.15, 0.2) is 6.04 Å². The molecule has 0 saturated carbocycles. The molecule has 1 aliphatic heterocycles. The van der Waals surface area contributed by atoms with E-state index >= 15 is 0 Å². The molecule has 1 aliphatic rings. The Bertz CT molecular complexity index is 674. The average molecular weight is 304 g/mol. The number of hydrogen-bond donors (Lipinski definition) is 2. The van der Waals surface area contributed by atoms with Crippen LogP contribution in [0.3, 0.4) is 0 Å². The number of carbonyl (C=O) groups is 2. The fourth-order valence-electron chi connectivity index (χ4n) is 2.44. The Labute approximate surface area is 124 Å². The highest BCUT2D eigenvalue weighted by molar-refractivity contribution is 7.13. The minimum absolute atomic E-state index is 0.346.